The molecular formula is C13H24NO6P. The molecule has 0 aliphatic carbocycles. The van der Waals surface area contributed by atoms with Gasteiger partial charge < -0.3 is 19.7 Å². The van der Waals surface area contributed by atoms with Crippen LogP contribution in [0.3, 0.4) is 0 Å². The highest BCUT2D eigenvalue weighted by Crippen LogP contribution is 2.53. The van der Waals surface area contributed by atoms with Gasteiger partial charge in [-0.2, -0.15) is 0 Å². The van der Waals surface area contributed by atoms with E-state index in [9.17, 15) is 19.3 Å². The highest BCUT2D eigenvalue weighted by atomic mass is 31.2. The molecule has 8 heteroatoms. The average molecular weight is 321 g/mol. The highest BCUT2D eigenvalue weighted by Gasteiger charge is 2.38. The number of quaternary nitrogens is 1. The summed E-state index contributed by atoms with van der Waals surface area (Å²) in [5, 5.41) is 19.3. The molecule has 0 saturated heterocycles. The number of esters is 1. The van der Waals surface area contributed by atoms with Crippen LogP contribution in [0.1, 0.15) is 13.3 Å². The molecule has 0 bridgehead atoms. The van der Waals surface area contributed by atoms with E-state index in [4.69, 9.17) is 9.84 Å². The minimum Gasteiger partial charge on any atom is -0.545 e. The first-order valence-electron chi connectivity index (χ1n) is 6.66. The Morgan fingerprint density at radius 3 is 2.29 bits per heavy atom. The molecule has 0 aliphatic rings. The number of hydrogen-bond donors (Lipinski definition) is 1. The molecular weight excluding hydrogens is 297 g/mol. The summed E-state index contributed by atoms with van der Waals surface area (Å²) in [4.78, 5) is 21.7. The second kappa shape index (κ2) is 8.32. The van der Waals surface area contributed by atoms with Gasteiger partial charge in [-0.15, -0.1) is 0 Å². The van der Waals surface area contributed by atoms with E-state index in [1.165, 1.54) is 0 Å². The Morgan fingerprint density at radius 2 is 1.90 bits per heavy atom. The van der Waals surface area contributed by atoms with Gasteiger partial charge in [0.15, 0.2) is 0 Å². The fourth-order valence-corrected chi connectivity index (χ4v) is 4.28. The van der Waals surface area contributed by atoms with Crippen molar-refractivity contribution in [3.63, 3.8) is 0 Å². The van der Waals surface area contributed by atoms with Gasteiger partial charge in [0.25, 0.3) is 7.29 Å². The normalized spacial score (nSPS) is 16.4. The Morgan fingerprint density at radius 1 is 1.33 bits per heavy atom. The minimum absolute atomic E-state index is 0.137. The summed E-state index contributed by atoms with van der Waals surface area (Å²) in [5.41, 5.74) is 0. The molecule has 0 saturated carbocycles. The third-order valence-electron chi connectivity index (χ3n) is 3.17. The Balaban J connectivity index is 4.95. The minimum atomic E-state index is -2.67. The Labute approximate surface area is 125 Å². The first-order chi connectivity index (χ1) is 9.55. The number of nitrogens with zero attached hydrogens (tertiary/aromatic N) is 1. The molecule has 0 rings (SSSR count). The van der Waals surface area contributed by atoms with Gasteiger partial charge in [-0.05, 0) is 6.08 Å². The maximum absolute atomic E-state index is 12.9. The molecule has 0 aromatic carbocycles. The molecule has 0 aromatic heterocycles. The van der Waals surface area contributed by atoms with Crippen LogP contribution in [0.25, 0.3) is 0 Å². The van der Waals surface area contributed by atoms with Crippen molar-refractivity contribution in [2.75, 3.05) is 40.1 Å². The lowest BCUT2D eigenvalue weighted by Crippen LogP contribution is -2.36. The average Bonchev–Trinajstić information content (AvgIpc) is 2.35. The van der Waals surface area contributed by atoms with Crippen LogP contribution in [0.15, 0.2) is 12.2 Å². The summed E-state index contributed by atoms with van der Waals surface area (Å²) in [6.07, 6.45) is 1.30. The standard InChI is InChI=1S/C13H24NO6P/c1-5-21(19,14(2,3)4)10-11(8-9-15)20-13(18)7-6-12(16)17/h6-7,11,15H,5,8-10H2,1-4H3/b7-6+. The number of aliphatic hydroxyl groups is 1. The zero-order valence-corrected chi connectivity index (χ0v) is 13.8. The summed E-state index contributed by atoms with van der Waals surface area (Å²) in [5.74, 6) is -2.36. The van der Waals surface area contributed by atoms with E-state index in [2.05, 4.69) is 0 Å². The molecule has 0 spiro atoms. The molecule has 122 valence electrons. The Kier molecular flexibility index (Phi) is 7.85. The van der Waals surface area contributed by atoms with Crippen LogP contribution in [0.2, 0.25) is 0 Å². The summed E-state index contributed by atoms with van der Waals surface area (Å²) in [6.45, 7) is 1.58. The van der Waals surface area contributed by atoms with Gasteiger partial charge in [0.2, 0.25) is 0 Å². The number of aliphatic carboxylic acids is 1. The lowest BCUT2D eigenvalue weighted by atomic mass is 10.3. The van der Waals surface area contributed by atoms with Crippen LogP contribution in [0.5, 0.6) is 0 Å². The summed E-state index contributed by atoms with van der Waals surface area (Å²) < 4.78 is 18.2. The predicted octanol–water partition coefficient (Wildman–Crippen LogP) is -0.409. The molecule has 0 heterocycles. The second-order valence-corrected chi connectivity index (χ2v) is 9.40. The number of carboxylic acid groups (broad SMARTS) is 1. The van der Waals surface area contributed by atoms with Gasteiger partial charge in [0, 0.05) is 25.3 Å². The maximum atomic E-state index is 12.9. The lowest BCUT2D eigenvalue weighted by Gasteiger charge is -2.35. The van der Waals surface area contributed by atoms with Crippen LogP contribution < -0.4 is 5.11 Å². The van der Waals surface area contributed by atoms with Crippen LogP contribution in [0.4, 0.5) is 0 Å². The fourth-order valence-electron chi connectivity index (χ4n) is 1.79. The first-order valence-corrected chi connectivity index (χ1v) is 8.69. The van der Waals surface area contributed by atoms with Gasteiger partial charge in [-0.3, -0.25) is 8.82 Å². The van der Waals surface area contributed by atoms with Crippen molar-refractivity contribution in [3.8, 4) is 0 Å². The monoisotopic (exact) mass is 321 g/mol. The molecule has 2 unspecified atom stereocenters. The molecule has 0 amide bonds. The lowest BCUT2D eigenvalue weighted by molar-refractivity contribution is -0.746. The Bertz CT molecular complexity index is 440. The second-order valence-electron chi connectivity index (χ2n) is 5.51. The van der Waals surface area contributed by atoms with Crippen molar-refractivity contribution in [2.24, 2.45) is 0 Å². The number of aliphatic hydroxyl groups excluding tert-OH is 1. The van der Waals surface area contributed by atoms with E-state index < -0.39 is 25.3 Å². The topological polar surface area (TPSA) is 104 Å². The fraction of sp³-hybridized carbons (Fsp3) is 0.692. The molecule has 7 nitrogen and oxygen atoms in total. The van der Waals surface area contributed by atoms with E-state index in [0.717, 1.165) is 6.08 Å². The predicted molar refractivity (Wildman–Crippen MR) is 76.8 cm³/mol. The third-order valence-corrected chi connectivity index (χ3v) is 7.32. The van der Waals surface area contributed by atoms with Crippen LogP contribution in [-0.2, 0) is 18.9 Å². The molecule has 0 aromatic rings. The van der Waals surface area contributed by atoms with Crippen molar-refractivity contribution >= 4 is 19.2 Å². The van der Waals surface area contributed by atoms with E-state index in [0.29, 0.717) is 12.2 Å². The van der Waals surface area contributed by atoms with E-state index in [1.807, 2.05) is 0 Å². The number of carboxylic acids is 1. The van der Waals surface area contributed by atoms with E-state index in [1.54, 1.807) is 28.1 Å². The number of hydrogen-bond acceptors (Lipinski definition) is 6. The van der Waals surface area contributed by atoms with Gasteiger partial charge in [-0.1, -0.05) is 6.92 Å². The number of carbonyl (C=O) groups is 2. The smallest absolute Gasteiger partial charge is 0.331 e. The van der Waals surface area contributed by atoms with Crippen LogP contribution in [-0.4, -0.2) is 67.5 Å². The summed E-state index contributed by atoms with van der Waals surface area (Å²) in [6, 6.07) is 0. The largest absolute Gasteiger partial charge is 0.545 e. The molecule has 0 fully saturated rings. The molecule has 0 radical (unpaired) electrons. The summed E-state index contributed by atoms with van der Waals surface area (Å²) >= 11 is 0. The van der Waals surface area contributed by atoms with Crippen LogP contribution >= 0.6 is 7.29 Å². The number of ether oxygens (including phenoxy) is 1. The van der Waals surface area contributed by atoms with Crippen molar-refractivity contribution in [1.82, 2.24) is 0 Å². The zero-order valence-electron chi connectivity index (χ0n) is 12.9. The van der Waals surface area contributed by atoms with Crippen molar-refractivity contribution in [1.29, 1.82) is 0 Å². The molecule has 21 heavy (non-hydrogen) atoms. The third kappa shape index (κ3) is 6.89. The maximum Gasteiger partial charge on any atom is 0.331 e. The van der Waals surface area contributed by atoms with Gasteiger partial charge >= 0.3 is 5.97 Å². The number of rotatable bonds is 9. The molecule has 2 atom stereocenters. The molecule has 0 aliphatic heterocycles. The Hall–Kier alpha value is -1.17. The van der Waals surface area contributed by atoms with Crippen molar-refractivity contribution < 1.29 is 33.4 Å². The van der Waals surface area contributed by atoms with Crippen molar-refractivity contribution in [3.05, 3.63) is 12.2 Å². The first kappa shape index (κ1) is 19.8. The van der Waals surface area contributed by atoms with Gasteiger partial charge in [0.1, 0.15) is 6.10 Å². The zero-order chi connectivity index (χ0) is 16.7. The molecule has 1 N–H and O–H groups in total. The highest BCUT2D eigenvalue weighted by molar-refractivity contribution is 7.58. The van der Waals surface area contributed by atoms with Crippen LogP contribution in [0, 0.1) is 0 Å². The van der Waals surface area contributed by atoms with E-state index >= 15 is 0 Å². The van der Waals surface area contributed by atoms with Gasteiger partial charge in [-0.25, -0.2) is 4.79 Å². The van der Waals surface area contributed by atoms with Crippen molar-refractivity contribution in [2.45, 2.75) is 19.4 Å². The van der Waals surface area contributed by atoms with Gasteiger partial charge in [0.05, 0.1) is 33.3 Å². The van der Waals surface area contributed by atoms with E-state index in [-0.39, 0.29) is 23.4 Å². The number of carbonyl (C=O) groups excluding carboxylic acids is 2. The summed E-state index contributed by atoms with van der Waals surface area (Å²) in [7, 11) is 2.74. The SMILES string of the molecule is CCP(=O)(CC(CCO)OC(=O)/C=C/C(=O)[O-])[N+](C)(C)C. The quantitative estimate of drug-likeness (QED) is 0.352.